The van der Waals surface area contributed by atoms with E-state index in [4.69, 9.17) is 9.97 Å². The zero-order chi connectivity index (χ0) is 35.8. The van der Waals surface area contributed by atoms with E-state index in [2.05, 4.69) is 194 Å². The van der Waals surface area contributed by atoms with Crippen LogP contribution in [0, 0.1) is 0 Å². The number of hydrogen-bond acceptors (Lipinski definition) is 2. The van der Waals surface area contributed by atoms with Gasteiger partial charge in [0.25, 0.3) is 0 Å². The van der Waals surface area contributed by atoms with E-state index < -0.39 is 0 Å². The molecule has 54 heavy (non-hydrogen) atoms. The molecule has 254 valence electrons. The van der Waals surface area contributed by atoms with Crippen LogP contribution in [0.1, 0.15) is 22.3 Å². The van der Waals surface area contributed by atoms with Crippen LogP contribution in [0.3, 0.4) is 0 Å². The number of rotatable bonds is 4. The monoisotopic (exact) mass is 688 g/mol. The van der Waals surface area contributed by atoms with Crippen LogP contribution in [0.2, 0.25) is 0 Å². The number of nitrogens with zero attached hydrogens (tertiary/aromatic N) is 2. The first-order valence-corrected chi connectivity index (χ1v) is 18.7. The van der Waals surface area contributed by atoms with Crippen LogP contribution < -0.4 is 0 Å². The lowest BCUT2D eigenvalue weighted by molar-refractivity contribution is 1.14. The SMILES string of the molecule is c1ccc(-c2ccc(-c3cc(-c4ccc5c(c4)Cc4ccccc4-c4ccccc4Cc4ccccc4-5)nc(-c4ccc5ccccc5c4)n3)cc2)cc1. The average molecular weight is 689 g/mol. The van der Waals surface area contributed by atoms with Crippen LogP contribution in [0.5, 0.6) is 0 Å². The Morgan fingerprint density at radius 1 is 0.278 bits per heavy atom. The molecule has 9 aromatic rings. The van der Waals surface area contributed by atoms with E-state index in [1.807, 2.05) is 0 Å². The van der Waals surface area contributed by atoms with Gasteiger partial charge in [0.1, 0.15) is 0 Å². The Labute approximate surface area is 316 Å². The molecule has 0 unspecified atom stereocenters. The molecule has 1 heterocycles. The topological polar surface area (TPSA) is 25.8 Å². The Hall–Kier alpha value is -6.90. The van der Waals surface area contributed by atoms with Crippen molar-refractivity contribution >= 4 is 10.8 Å². The maximum absolute atomic E-state index is 5.30. The summed E-state index contributed by atoms with van der Waals surface area (Å²) in [6.07, 6.45) is 1.67. The van der Waals surface area contributed by atoms with Gasteiger partial charge in [0.2, 0.25) is 0 Å². The van der Waals surface area contributed by atoms with Gasteiger partial charge < -0.3 is 0 Å². The molecule has 0 spiro atoms. The molecule has 1 aromatic heterocycles. The van der Waals surface area contributed by atoms with Crippen LogP contribution in [0.25, 0.3) is 78.1 Å². The highest BCUT2D eigenvalue weighted by Crippen LogP contribution is 2.39. The third-order valence-corrected chi connectivity index (χ3v) is 10.8. The highest BCUT2D eigenvalue weighted by Gasteiger charge is 2.19. The van der Waals surface area contributed by atoms with Gasteiger partial charge in [0.15, 0.2) is 5.82 Å². The van der Waals surface area contributed by atoms with Crippen molar-refractivity contribution in [1.29, 1.82) is 0 Å². The highest BCUT2D eigenvalue weighted by molar-refractivity contribution is 5.87. The number of aromatic nitrogens is 2. The fourth-order valence-corrected chi connectivity index (χ4v) is 8.05. The van der Waals surface area contributed by atoms with Crippen molar-refractivity contribution in [2.45, 2.75) is 12.8 Å². The van der Waals surface area contributed by atoms with E-state index in [1.54, 1.807) is 0 Å². The highest BCUT2D eigenvalue weighted by atomic mass is 14.9. The molecule has 0 radical (unpaired) electrons. The zero-order valence-electron chi connectivity index (χ0n) is 29.8. The van der Waals surface area contributed by atoms with E-state index in [0.717, 1.165) is 40.9 Å². The van der Waals surface area contributed by atoms with E-state index in [1.165, 1.54) is 66.4 Å². The molecule has 1 aliphatic rings. The maximum Gasteiger partial charge on any atom is 0.160 e. The summed E-state index contributed by atoms with van der Waals surface area (Å²) in [7, 11) is 0. The molecule has 1 aliphatic carbocycles. The van der Waals surface area contributed by atoms with Crippen molar-refractivity contribution in [2.75, 3.05) is 0 Å². The minimum atomic E-state index is 0.715. The molecule has 0 aliphatic heterocycles. The van der Waals surface area contributed by atoms with Crippen LogP contribution in [-0.4, -0.2) is 9.97 Å². The first kappa shape index (κ1) is 31.8. The minimum Gasteiger partial charge on any atom is -0.228 e. The fourth-order valence-electron chi connectivity index (χ4n) is 8.05. The van der Waals surface area contributed by atoms with Gasteiger partial charge >= 0.3 is 0 Å². The number of benzene rings is 8. The fraction of sp³-hybridized carbons (Fsp3) is 0.0385. The van der Waals surface area contributed by atoms with Crippen molar-refractivity contribution in [2.24, 2.45) is 0 Å². The second kappa shape index (κ2) is 13.6. The predicted molar refractivity (Wildman–Crippen MR) is 224 cm³/mol. The summed E-state index contributed by atoms with van der Waals surface area (Å²) in [6, 6.07) is 70.0. The van der Waals surface area contributed by atoms with Gasteiger partial charge in [0, 0.05) is 16.7 Å². The van der Waals surface area contributed by atoms with Gasteiger partial charge in [-0.1, -0.05) is 176 Å². The van der Waals surface area contributed by atoms with Gasteiger partial charge in [0.05, 0.1) is 11.4 Å². The molecule has 0 amide bonds. The second-order valence-corrected chi connectivity index (χ2v) is 14.2. The van der Waals surface area contributed by atoms with Crippen LogP contribution in [-0.2, 0) is 12.8 Å². The molecule has 10 rings (SSSR count). The predicted octanol–water partition coefficient (Wildman–Crippen LogP) is 13.1. The zero-order valence-corrected chi connectivity index (χ0v) is 29.8. The first-order valence-electron chi connectivity index (χ1n) is 18.7. The average Bonchev–Trinajstić information content (AvgIpc) is 3.24. The molecule has 0 saturated heterocycles. The third-order valence-electron chi connectivity index (χ3n) is 10.8. The van der Waals surface area contributed by atoms with Gasteiger partial charge in [-0.2, -0.15) is 0 Å². The molecule has 0 fully saturated rings. The lowest BCUT2D eigenvalue weighted by atomic mass is 9.83. The summed E-state index contributed by atoms with van der Waals surface area (Å²) in [4.78, 5) is 10.5. The summed E-state index contributed by atoms with van der Waals surface area (Å²) in [5.41, 5.74) is 17.8. The Kier molecular flexibility index (Phi) is 8.00. The van der Waals surface area contributed by atoms with Crippen molar-refractivity contribution in [1.82, 2.24) is 9.97 Å². The number of fused-ring (bicyclic) bond motifs is 7. The van der Waals surface area contributed by atoms with Crippen molar-refractivity contribution in [3.8, 4) is 67.3 Å². The third kappa shape index (κ3) is 5.98. The van der Waals surface area contributed by atoms with Crippen LogP contribution >= 0.6 is 0 Å². The van der Waals surface area contributed by atoms with E-state index in [9.17, 15) is 0 Å². The summed E-state index contributed by atoms with van der Waals surface area (Å²) < 4.78 is 0. The largest absolute Gasteiger partial charge is 0.228 e. The lowest BCUT2D eigenvalue weighted by Crippen LogP contribution is -2.03. The smallest absolute Gasteiger partial charge is 0.160 e. The first-order chi connectivity index (χ1) is 26.7. The van der Waals surface area contributed by atoms with Crippen molar-refractivity contribution < 1.29 is 0 Å². The Balaban J connectivity index is 1.14. The van der Waals surface area contributed by atoms with Crippen molar-refractivity contribution in [3.05, 3.63) is 216 Å². The van der Waals surface area contributed by atoms with Gasteiger partial charge in [-0.05, 0) is 97.4 Å². The standard InChI is InChI=1S/C52H36N2/c1-2-12-35(13-3-1)37-22-25-38(26-23-37)50-34-51(54-52(53-50)44-27-24-36-14-4-5-15-39(36)30-44)43-28-29-49-45(33-43)32-42-18-8-10-20-47(42)46-19-9-6-16-40(46)31-41-17-7-11-21-48(41)49/h1-30,33-34H,31-32H2. The summed E-state index contributed by atoms with van der Waals surface area (Å²) in [5.74, 6) is 0.715. The molecule has 0 bridgehead atoms. The Bertz CT molecular complexity index is 2820. The van der Waals surface area contributed by atoms with Crippen LogP contribution in [0.15, 0.2) is 194 Å². The molecule has 0 N–H and O–H groups in total. The second-order valence-electron chi connectivity index (χ2n) is 14.2. The normalized spacial score (nSPS) is 11.9. The van der Waals surface area contributed by atoms with Gasteiger partial charge in [-0.25, -0.2) is 9.97 Å². The van der Waals surface area contributed by atoms with E-state index in [0.29, 0.717) is 5.82 Å². The molecule has 2 heteroatoms. The maximum atomic E-state index is 5.30. The van der Waals surface area contributed by atoms with Crippen LogP contribution in [0.4, 0.5) is 0 Å². The van der Waals surface area contributed by atoms with Gasteiger partial charge in [-0.15, -0.1) is 0 Å². The summed E-state index contributed by atoms with van der Waals surface area (Å²) >= 11 is 0. The minimum absolute atomic E-state index is 0.715. The molecule has 0 saturated carbocycles. The van der Waals surface area contributed by atoms with E-state index >= 15 is 0 Å². The summed E-state index contributed by atoms with van der Waals surface area (Å²) in [6.45, 7) is 0. The van der Waals surface area contributed by atoms with Gasteiger partial charge in [-0.3, -0.25) is 0 Å². The number of hydrogen-bond donors (Lipinski definition) is 0. The lowest BCUT2D eigenvalue weighted by Gasteiger charge is -2.21. The quantitative estimate of drug-likeness (QED) is 0.184. The molecular weight excluding hydrogens is 653 g/mol. The summed E-state index contributed by atoms with van der Waals surface area (Å²) in [5, 5.41) is 2.37. The Morgan fingerprint density at radius 2 is 0.741 bits per heavy atom. The molecule has 0 atom stereocenters. The molecular formula is C52H36N2. The van der Waals surface area contributed by atoms with Crippen molar-refractivity contribution in [3.63, 3.8) is 0 Å². The molecule has 8 aromatic carbocycles. The molecule has 2 nitrogen and oxygen atoms in total. The Morgan fingerprint density at radius 3 is 1.41 bits per heavy atom. The van der Waals surface area contributed by atoms with E-state index in [-0.39, 0.29) is 0 Å².